The van der Waals surface area contributed by atoms with Gasteiger partial charge in [0.15, 0.2) is 5.75 Å². The van der Waals surface area contributed by atoms with Crippen molar-refractivity contribution in [2.75, 3.05) is 16.7 Å². The van der Waals surface area contributed by atoms with Gasteiger partial charge in [0, 0.05) is 12.7 Å². The molecule has 1 heterocycles. The molecule has 0 fully saturated rings. The van der Waals surface area contributed by atoms with E-state index in [0.717, 1.165) is 5.56 Å². The summed E-state index contributed by atoms with van der Waals surface area (Å²) in [6, 6.07) is 19.3. The van der Waals surface area contributed by atoms with Crippen LogP contribution in [0.2, 0.25) is 0 Å². The van der Waals surface area contributed by atoms with Crippen LogP contribution in [-0.4, -0.2) is 21.4 Å². The van der Waals surface area contributed by atoms with Gasteiger partial charge in [-0.15, -0.1) is 0 Å². The lowest BCUT2D eigenvalue weighted by Crippen LogP contribution is -2.25. The van der Waals surface area contributed by atoms with Crippen LogP contribution in [0.1, 0.15) is 21.5 Å². The van der Waals surface area contributed by atoms with Crippen LogP contribution in [-0.2, 0) is 15.8 Å². The molecule has 0 unspecified atom stereocenters. The zero-order chi connectivity index (χ0) is 20.6. The van der Waals surface area contributed by atoms with E-state index < -0.39 is 10.0 Å². The molecular weight excluding hydrogens is 388 g/mol. The highest BCUT2D eigenvalue weighted by atomic mass is 32.2. The lowest BCUT2D eigenvalue weighted by Gasteiger charge is -2.16. The standard InChI is InChI=1S/C22H20N2O4S/c1-15-6-5-7-16(12-15)14-29(26,27)23-17-10-11-20-18(13-17)22(25)24(2)19-8-3-4-9-21(19)28-20/h3-13,23H,14H2,1-2H3. The maximum absolute atomic E-state index is 12.9. The molecular formula is C22H20N2O4S. The Kier molecular flexibility index (Phi) is 4.76. The summed E-state index contributed by atoms with van der Waals surface area (Å²) in [6.07, 6.45) is 0. The highest BCUT2D eigenvalue weighted by Gasteiger charge is 2.26. The molecule has 1 aliphatic rings. The monoisotopic (exact) mass is 408 g/mol. The number of hydrogen-bond acceptors (Lipinski definition) is 4. The molecule has 148 valence electrons. The number of carbonyl (C=O) groups is 1. The van der Waals surface area contributed by atoms with E-state index in [2.05, 4.69) is 4.72 Å². The lowest BCUT2D eigenvalue weighted by atomic mass is 10.1. The maximum Gasteiger partial charge on any atom is 0.261 e. The van der Waals surface area contributed by atoms with E-state index in [1.165, 1.54) is 11.0 Å². The first-order chi connectivity index (χ1) is 13.8. The van der Waals surface area contributed by atoms with Crippen LogP contribution in [0.5, 0.6) is 11.5 Å². The largest absolute Gasteiger partial charge is 0.454 e. The Balaban J connectivity index is 1.62. The molecule has 0 aromatic heterocycles. The van der Waals surface area contributed by atoms with Gasteiger partial charge in [-0.1, -0.05) is 42.0 Å². The lowest BCUT2D eigenvalue weighted by molar-refractivity contribution is 0.0993. The van der Waals surface area contributed by atoms with Gasteiger partial charge in [0.1, 0.15) is 5.75 Å². The summed E-state index contributed by atoms with van der Waals surface area (Å²) in [7, 11) is -1.98. The molecule has 0 saturated carbocycles. The molecule has 7 heteroatoms. The molecule has 1 aliphatic heterocycles. The number of amides is 1. The molecule has 3 aromatic rings. The number of nitrogens with zero attached hydrogens (tertiary/aromatic N) is 1. The Morgan fingerprint density at radius 2 is 1.76 bits per heavy atom. The summed E-state index contributed by atoms with van der Waals surface area (Å²) in [5, 5.41) is 0. The average Bonchev–Trinajstić information content (AvgIpc) is 2.77. The van der Waals surface area contributed by atoms with Crippen molar-refractivity contribution < 1.29 is 17.9 Å². The van der Waals surface area contributed by atoms with Crippen LogP contribution in [0.15, 0.2) is 66.7 Å². The highest BCUT2D eigenvalue weighted by Crippen LogP contribution is 2.38. The van der Waals surface area contributed by atoms with Crippen LogP contribution < -0.4 is 14.4 Å². The predicted molar refractivity (Wildman–Crippen MR) is 113 cm³/mol. The van der Waals surface area contributed by atoms with E-state index >= 15 is 0 Å². The van der Waals surface area contributed by atoms with Crippen molar-refractivity contribution in [3.05, 3.63) is 83.4 Å². The van der Waals surface area contributed by atoms with Crippen molar-refractivity contribution in [3.63, 3.8) is 0 Å². The molecule has 29 heavy (non-hydrogen) atoms. The Bertz CT molecular complexity index is 1200. The number of aryl methyl sites for hydroxylation is 1. The molecule has 6 nitrogen and oxygen atoms in total. The third-order valence-corrected chi connectivity index (χ3v) is 5.93. The topological polar surface area (TPSA) is 75.7 Å². The normalized spacial score (nSPS) is 13.2. The zero-order valence-corrected chi connectivity index (χ0v) is 16.9. The van der Waals surface area contributed by atoms with E-state index in [-0.39, 0.29) is 11.7 Å². The van der Waals surface area contributed by atoms with E-state index in [1.807, 2.05) is 37.3 Å². The first-order valence-electron chi connectivity index (χ1n) is 9.07. The third-order valence-electron chi connectivity index (χ3n) is 4.67. The van der Waals surface area contributed by atoms with Gasteiger partial charge in [-0.25, -0.2) is 8.42 Å². The minimum Gasteiger partial charge on any atom is -0.454 e. The highest BCUT2D eigenvalue weighted by molar-refractivity contribution is 7.91. The zero-order valence-electron chi connectivity index (χ0n) is 16.0. The van der Waals surface area contributed by atoms with E-state index in [4.69, 9.17) is 4.74 Å². The average molecular weight is 408 g/mol. The number of nitrogens with one attached hydrogen (secondary N) is 1. The first-order valence-corrected chi connectivity index (χ1v) is 10.7. The van der Waals surface area contributed by atoms with Crippen molar-refractivity contribution in [2.24, 2.45) is 0 Å². The SMILES string of the molecule is Cc1cccc(CS(=O)(=O)Nc2ccc3c(c2)C(=O)N(C)c2ccccc2O3)c1. The van der Waals surface area contributed by atoms with Crippen molar-refractivity contribution in [1.82, 2.24) is 0 Å². The number of para-hydroxylation sites is 2. The van der Waals surface area contributed by atoms with E-state index in [0.29, 0.717) is 34.0 Å². The number of rotatable bonds is 4. The van der Waals surface area contributed by atoms with E-state index in [9.17, 15) is 13.2 Å². The number of hydrogen-bond donors (Lipinski definition) is 1. The second-order valence-corrected chi connectivity index (χ2v) is 8.72. The molecule has 0 spiro atoms. The van der Waals surface area contributed by atoms with E-state index in [1.54, 1.807) is 37.4 Å². The molecule has 0 bridgehead atoms. The second kappa shape index (κ2) is 7.25. The maximum atomic E-state index is 12.9. The fraction of sp³-hybridized carbons (Fsp3) is 0.136. The number of anilines is 2. The molecule has 0 aliphatic carbocycles. The van der Waals surface area contributed by atoms with Crippen LogP contribution >= 0.6 is 0 Å². The predicted octanol–water partition coefficient (Wildman–Crippen LogP) is 4.32. The van der Waals surface area contributed by atoms with Gasteiger partial charge >= 0.3 is 0 Å². The summed E-state index contributed by atoms with van der Waals surface area (Å²) < 4.78 is 33.7. The van der Waals surface area contributed by atoms with Gasteiger partial charge in [0.05, 0.1) is 17.0 Å². The summed E-state index contributed by atoms with van der Waals surface area (Å²) in [4.78, 5) is 14.4. The minimum absolute atomic E-state index is 0.151. The molecule has 0 atom stereocenters. The Morgan fingerprint density at radius 3 is 2.55 bits per heavy atom. The second-order valence-electron chi connectivity index (χ2n) is 7.00. The van der Waals surface area contributed by atoms with Crippen molar-refractivity contribution in [3.8, 4) is 11.5 Å². The molecule has 3 aromatic carbocycles. The van der Waals surface area contributed by atoms with Crippen LogP contribution in [0.3, 0.4) is 0 Å². The van der Waals surface area contributed by atoms with Gasteiger partial charge < -0.3 is 9.64 Å². The van der Waals surface area contributed by atoms with Crippen molar-refractivity contribution in [2.45, 2.75) is 12.7 Å². The fourth-order valence-corrected chi connectivity index (χ4v) is 4.49. The molecule has 0 radical (unpaired) electrons. The van der Waals surface area contributed by atoms with Gasteiger partial charge in [0.2, 0.25) is 10.0 Å². The number of fused-ring (bicyclic) bond motifs is 2. The molecule has 4 rings (SSSR count). The van der Waals surface area contributed by atoms with Crippen LogP contribution in [0.25, 0.3) is 0 Å². The summed E-state index contributed by atoms with van der Waals surface area (Å²) in [5.74, 6) is 0.523. The van der Waals surface area contributed by atoms with Crippen LogP contribution in [0, 0.1) is 6.92 Å². The smallest absolute Gasteiger partial charge is 0.261 e. The number of carbonyl (C=O) groups excluding carboxylic acids is 1. The minimum atomic E-state index is -3.64. The van der Waals surface area contributed by atoms with Gasteiger partial charge in [-0.05, 0) is 42.8 Å². The van der Waals surface area contributed by atoms with Crippen molar-refractivity contribution >= 4 is 27.3 Å². The number of sulfonamides is 1. The third kappa shape index (κ3) is 3.95. The van der Waals surface area contributed by atoms with Crippen LogP contribution in [0.4, 0.5) is 11.4 Å². The molecule has 0 saturated heterocycles. The fourth-order valence-electron chi connectivity index (χ4n) is 3.32. The first kappa shape index (κ1) is 19.0. The number of ether oxygens (including phenoxy) is 1. The summed E-state index contributed by atoms with van der Waals surface area (Å²) >= 11 is 0. The van der Waals surface area contributed by atoms with Gasteiger partial charge in [-0.2, -0.15) is 0 Å². The molecule has 1 N–H and O–H groups in total. The Morgan fingerprint density at radius 1 is 0.966 bits per heavy atom. The number of benzene rings is 3. The Hall–Kier alpha value is -3.32. The summed E-state index contributed by atoms with van der Waals surface area (Å²) in [6.45, 7) is 1.91. The van der Waals surface area contributed by atoms with Gasteiger partial charge in [0.25, 0.3) is 5.91 Å². The summed E-state index contributed by atoms with van der Waals surface area (Å²) in [5.41, 5.74) is 2.94. The molecule has 1 amide bonds. The quantitative estimate of drug-likeness (QED) is 0.698. The Labute approximate surface area is 169 Å². The van der Waals surface area contributed by atoms with Gasteiger partial charge in [-0.3, -0.25) is 9.52 Å². The van der Waals surface area contributed by atoms with Crippen molar-refractivity contribution in [1.29, 1.82) is 0 Å².